The molecule has 2 aromatic rings. The number of aliphatic hydroxyl groups is 1. The Labute approximate surface area is 163 Å². The van der Waals surface area contributed by atoms with Gasteiger partial charge in [-0.1, -0.05) is 6.07 Å². The van der Waals surface area contributed by atoms with Gasteiger partial charge in [-0.25, -0.2) is 13.1 Å². The van der Waals surface area contributed by atoms with Gasteiger partial charge < -0.3 is 24.1 Å². The van der Waals surface area contributed by atoms with E-state index in [1.807, 2.05) is 0 Å². The lowest BCUT2D eigenvalue weighted by atomic mass is 9.96. The van der Waals surface area contributed by atoms with Crippen LogP contribution in [0.1, 0.15) is 18.9 Å². The maximum absolute atomic E-state index is 12.7. The fraction of sp³-hybridized carbons (Fsp3) is 0.368. The summed E-state index contributed by atoms with van der Waals surface area (Å²) in [6.45, 7) is 2.42. The first-order chi connectivity index (χ1) is 13.4. The molecule has 150 valence electrons. The van der Waals surface area contributed by atoms with Crippen LogP contribution in [0.4, 0.5) is 0 Å². The normalized spacial score (nSPS) is 17.6. The number of hydrogen-bond acceptors (Lipinski definition) is 7. The molecule has 2 aliphatic heterocycles. The van der Waals surface area contributed by atoms with Gasteiger partial charge in [0.15, 0.2) is 23.0 Å². The molecular weight excluding hydrogens is 386 g/mol. The van der Waals surface area contributed by atoms with Crippen molar-refractivity contribution in [1.82, 2.24) is 4.72 Å². The smallest absolute Gasteiger partial charge is 0.240 e. The maximum atomic E-state index is 12.7. The third-order valence-corrected chi connectivity index (χ3v) is 6.03. The number of benzene rings is 2. The molecule has 0 saturated heterocycles. The molecule has 0 saturated carbocycles. The molecule has 0 radical (unpaired) electrons. The highest BCUT2D eigenvalue weighted by atomic mass is 32.2. The van der Waals surface area contributed by atoms with Crippen molar-refractivity contribution in [3.8, 4) is 23.0 Å². The van der Waals surface area contributed by atoms with E-state index in [0.29, 0.717) is 41.8 Å². The predicted octanol–water partition coefficient (Wildman–Crippen LogP) is 1.76. The van der Waals surface area contributed by atoms with Crippen LogP contribution in [-0.2, 0) is 15.6 Å². The Morgan fingerprint density at radius 3 is 2.43 bits per heavy atom. The minimum Gasteiger partial charge on any atom is -0.490 e. The molecule has 1 atom stereocenters. The van der Waals surface area contributed by atoms with Gasteiger partial charge in [0.05, 0.1) is 18.1 Å². The van der Waals surface area contributed by atoms with E-state index >= 15 is 0 Å². The summed E-state index contributed by atoms with van der Waals surface area (Å²) in [4.78, 5) is 0.0400. The van der Waals surface area contributed by atoms with Gasteiger partial charge in [-0.05, 0) is 36.8 Å². The molecule has 2 N–H and O–H groups in total. The lowest BCUT2D eigenvalue weighted by Crippen LogP contribution is -2.38. The van der Waals surface area contributed by atoms with Gasteiger partial charge >= 0.3 is 0 Å². The highest BCUT2D eigenvalue weighted by Gasteiger charge is 2.29. The second-order valence-electron chi connectivity index (χ2n) is 6.83. The summed E-state index contributed by atoms with van der Waals surface area (Å²) in [5.41, 5.74) is -0.933. The second kappa shape index (κ2) is 7.16. The fourth-order valence-corrected chi connectivity index (χ4v) is 4.11. The van der Waals surface area contributed by atoms with E-state index in [9.17, 15) is 13.5 Å². The minimum absolute atomic E-state index is 0.0400. The highest BCUT2D eigenvalue weighted by molar-refractivity contribution is 7.89. The first kappa shape index (κ1) is 18.9. The Bertz CT molecular complexity index is 988. The van der Waals surface area contributed by atoms with Gasteiger partial charge in [0.1, 0.15) is 5.60 Å². The second-order valence-corrected chi connectivity index (χ2v) is 8.59. The van der Waals surface area contributed by atoms with E-state index < -0.39 is 15.6 Å². The monoisotopic (exact) mass is 407 g/mol. The van der Waals surface area contributed by atoms with Crippen molar-refractivity contribution in [3.63, 3.8) is 0 Å². The molecule has 9 heteroatoms. The zero-order chi connectivity index (χ0) is 19.8. The average molecular weight is 407 g/mol. The lowest BCUT2D eigenvalue weighted by molar-refractivity contribution is 0.0625. The van der Waals surface area contributed by atoms with Gasteiger partial charge in [-0.2, -0.15) is 0 Å². The number of ether oxygens (including phenoxy) is 4. The number of nitrogens with one attached hydrogen (secondary N) is 1. The fourth-order valence-electron chi connectivity index (χ4n) is 2.96. The molecule has 0 spiro atoms. The third kappa shape index (κ3) is 3.73. The number of fused-ring (bicyclic) bond motifs is 2. The number of sulfonamides is 1. The Balaban J connectivity index is 1.51. The summed E-state index contributed by atoms with van der Waals surface area (Å²) >= 11 is 0. The van der Waals surface area contributed by atoms with Gasteiger partial charge in [-0.15, -0.1) is 0 Å². The zero-order valence-corrected chi connectivity index (χ0v) is 16.1. The van der Waals surface area contributed by atoms with Crippen LogP contribution >= 0.6 is 0 Å². The first-order valence-corrected chi connectivity index (χ1v) is 10.4. The SMILES string of the molecule is C[C@](O)(CNS(=O)(=O)c1ccc2c(c1)OCCCO2)c1ccc2c(c1)OCO2. The van der Waals surface area contributed by atoms with Crippen LogP contribution in [0.2, 0.25) is 0 Å². The van der Waals surface area contributed by atoms with Crippen LogP contribution in [0.15, 0.2) is 41.3 Å². The molecule has 0 unspecified atom stereocenters. The highest BCUT2D eigenvalue weighted by Crippen LogP contribution is 2.36. The Hall–Kier alpha value is -2.49. The van der Waals surface area contributed by atoms with Crippen LogP contribution in [0.3, 0.4) is 0 Å². The summed E-state index contributed by atoms with van der Waals surface area (Å²) in [6.07, 6.45) is 0.730. The topological polar surface area (TPSA) is 103 Å². The molecule has 0 fully saturated rings. The predicted molar refractivity (Wildman–Crippen MR) is 99.4 cm³/mol. The van der Waals surface area contributed by atoms with Crippen LogP contribution in [0, 0.1) is 0 Å². The van der Waals surface area contributed by atoms with Crippen molar-refractivity contribution < 1.29 is 32.5 Å². The first-order valence-electron chi connectivity index (χ1n) is 8.87. The summed E-state index contributed by atoms with van der Waals surface area (Å²) in [5, 5.41) is 10.8. The molecule has 0 bridgehead atoms. The molecule has 0 amide bonds. The molecule has 4 rings (SSSR count). The Morgan fingerprint density at radius 1 is 0.964 bits per heavy atom. The summed E-state index contributed by atoms with van der Waals surface area (Å²) in [6, 6.07) is 9.46. The third-order valence-electron chi connectivity index (χ3n) is 4.63. The van der Waals surface area contributed by atoms with Crippen molar-refractivity contribution >= 4 is 10.0 Å². The van der Waals surface area contributed by atoms with Gasteiger partial charge in [-0.3, -0.25) is 0 Å². The van der Waals surface area contributed by atoms with Crippen LogP contribution in [-0.4, -0.2) is 40.1 Å². The molecule has 28 heavy (non-hydrogen) atoms. The van der Waals surface area contributed by atoms with Crippen molar-refractivity contribution in [2.75, 3.05) is 26.6 Å². The summed E-state index contributed by atoms with van der Waals surface area (Å²) in [5.74, 6) is 2.02. The molecule has 2 heterocycles. The van der Waals surface area contributed by atoms with Crippen LogP contribution in [0.25, 0.3) is 0 Å². The Kier molecular flexibility index (Phi) is 4.82. The number of hydrogen-bond donors (Lipinski definition) is 2. The van der Waals surface area contributed by atoms with E-state index in [2.05, 4.69) is 4.72 Å². The quantitative estimate of drug-likeness (QED) is 0.778. The van der Waals surface area contributed by atoms with E-state index in [4.69, 9.17) is 18.9 Å². The van der Waals surface area contributed by atoms with Crippen LogP contribution in [0.5, 0.6) is 23.0 Å². The molecule has 0 aliphatic carbocycles. The molecule has 8 nitrogen and oxygen atoms in total. The standard InChI is InChI=1S/C19H21NO7S/c1-19(21,13-3-5-16-17(9-13)27-12-26-16)11-20-28(22,23)14-4-6-15-18(10-14)25-8-2-7-24-15/h3-6,9-10,20-21H,2,7-8,11-12H2,1H3/t19-/m0/s1. The summed E-state index contributed by atoms with van der Waals surface area (Å²) in [7, 11) is -3.86. The Morgan fingerprint density at radius 2 is 1.61 bits per heavy atom. The van der Waals surface area contributed by atoms with Gasteiger partial charge in [0.25, 0.3) is 0 Å². The molecule has 2 aliphatic rings. The maximum Gasteiger partial charge on any atom is 0.240 e. The van der Waals surface area contributed by atoms with Crippen molar-refractivity contribution in [2.45, 2.75) is 23.8 Å². The van der Waals surface area contributed by atoms with E-state index in [0.717, 1.165) is 6.42 Å². The average Bonchev–Trinajstić information content (AvgIpc) is 3.02. The molecule has 0 aromatic heterocycles. The molecular formula is C19H21NO7S. The van der Waals surface area contributed by atoms with Gasteiger partial charge in [0.2, 0.25) is 16.8 Å². The molecule has 2 aromatic carbocycles. The minimum atomic E-state index is -3.86. The zero-order valence-electron chi connectivity index (χ0n) is 15.3. The van der Waals surface area contributed by atoms with Crippen molar-refractivity contribution in [1.29, 1.82) is 0 Å². The van der Waals surface area contributed by atoms with Crippen molar-refractivity contribution in [2.24, 2.45) is 0 Å². The van der Waals surface area contributed by atoms with E-state index in [1.165, 1.54) is 19.1 Å². The van der Waals surface area contributed by atoms with Crippen LogP contribution < -0.4 is 23.7 Å². The lowest BCUT2D eigenvalue weighted by Gasteiger charge is -2.24. The van der Waals surface area contributed by atoms with E-state index in [-0.39, 0.29) is 18.2 Å². The largest absolute Gasteiger partial charge is 0.490 e. The van der Waals surface area contributed by atoms with E-state index in [1.54, 1.807) is 24.3 Å². The van der Waals surface area contributed by atoms with Gasteiger partial charge in [0, 0.05) is 19.0 Å². The van der Waals surface area contributed by atoms with Crippen molar-refractivity contribution in [3.05, 3.63) is 42.0 Å². The summed E-state index contributed by atoms with van der Waals surface area (Å²) < 4.78 is 49.5. The number of rotatable bonds is 5.